The van der Waals surface area contributed by atoms with Crippen LogP contribution < -0.4 is 11.1 Å². The predicted molar refractivity (Wildman–Crippen MR) is 82.1 cm³/mol. The number of para-hydroxylation sites is 2. The minimum atomic E-state index is 0.474. The van der Waals surface area contributed by atoms with Gasteiger partial charge in [-0.3, -0.25) is 0 Å². The summed E-state index contributed by atoms with van der Waals surface area (Å²) in [4.78, 5) is 4.41. The van der Waals surface area contributed by atoms with Crippen LogP contribution in [0.1, 0.15) is 18.9 Å². The number of aryl methyl sites for hydroxylation is 1. The van der Waals surface area contributed by atoms with Crippen molar-refractivity contribution in [1.29, 1.82) is 0 Å². The molecule has 3 aromatic rings. The first kappa shape index (κ1) is 12.5. The molecule has 1 aromatic heterocycles. The van der Waals surface area contributed by atoms with E-state index in [1.165, 1.54) is 5.56 Å². The van der Waals surface area contributed by atoms with E-state index < -0.39 is 0 Å². The van der Waals surface area contributed by atoms with E-state index in [0.717, 1.165) is 18.5 Å². The van der Waals surface area contributed by atoms with Gasteiger partial charge in [0, 0.05) is 5.69 Å². The van der Waals surface area contributed by atoms with E-state index in [4.69, 9.17) is 10.2 Å². The number of nitrogens with zero attached hydrogens (tertiary/aromatic N) is 1. The third-order valence-corrected chi connectivity index (χ3v) is 3.23. The Morgan fingerprint density at radius 3 is 2.80 bits per heavy atom. The second-order valence-corrected chi connectivity index (χ2v) is 4.75. The summed E-state index contributed by atoms with van der Waals surface area (Å²) in [5.41, 5.74) is 10.2. The zero-order valence-electron chi connectivity index (χ0n) is 11.4. The van der Waals surface area contributed by atoms with Gasteiger partial charge < -0.3 is 15.5 Å². The first-order valence-corrected chi connectivity index (χ1v) is 6.78. The number of rotatable bonds is 4. The monoisotopic (exact) mass is 267 g/mol. The zero-order valence-corrected chi connectivity index (χ0v) is 11.4. The van der Waals surface area contributed by atoms with Crippen molar-refractivity contribution in [1.82, 2.24) is 4.98 Å². The summed E-state index contributed by atoms with van der Waals surface area (Å²) in [6.45, 7) is 2.16. The van der Waals surface area contributed by atoms with E-state index >= 15 is 0 Å². The molecule has 0 aliphatic rings. The molecule has 0 fully saturated rings. The smallest absolute Gasteiger partial charge is 0.300 e. The Morgan fingerprint density at radius 2 is 2.00 bits per heavy atom. The number of hydrogen-bond donors (Lipinski definition) is 2. The minimum Gasteiger partial charge on any atom is -0.423 e. The average Bonchev–Trinajstić information content (AvgIpc) is 2.85. The van der Waals surface area contributed by atoms with Crippen LogP contribution in [0, 0.1) is 0 Å². The number of nitrogen functional groups attached to an aromatic ring is 1. The third-order valence-electron chi connectivity index (χ3n) is 3.23. The maximum atomic E-state index is 5.89. The molecule has 0 amide bonds. The zero-order chi connectivity index (χ0) is 13.9. The van der Waals surface area contributed by atoms with Crippen LogP contribution in [-0.4, -0.2) is 4.98 Å². The Bertz CT molecular complexity index is 733. The molecule has 0 atom stereocenters. The minimum absolute atomic E-state index is 0.474. The molecule has 2 aromatic carbocycles. The van der Waals surface area contributed by atoms with Gasteiger partial charge in [-0.05, 0) is 30.2 Å². The van der Waals surface area contributed by atoms with E-state index in [1.807, 2.05) is 36.4 Å². The lowest BCUT2D eigenvalue weighted by Crippen LogP contribution is -1.96. The first-order chi connectivity index (χ1) is 9.78. The summed E-state index contributed by atoms with van der Waals surface area (Å²) in [6, 6.07) is 14.2. The summed E-state index contributed by atoms with van der Waals surface area (Å²) < 4.78 is 5.68. The van der Waals surface area contributed by atoms with Crippen molar-refractivity contribution < 1.29 is 4.42 Å². The predicted octanol–water partition coefficient (Wildman–Crippen LogP) is 4.11. The van der Waals surface area contributed by atoms with E-state index in [-0.39, 0.29) is 0 Å². The number of benzene rings is 2. The molecule has 102 valence electrons. The molecule has 1 heterocycles. The summed E-state index contributed by atoms with van der Waals surface area (Å²) in [6.07, 6.45) is 2.12. The Hall–Kier alpha value is -2.49. The van der Waals surface area contributed by atoms with Crippen molar-refractivity contribution in [2.75, 3.05) is 11.1 Å². The fraction of sp³-hybridized carbons (Fsp3) is 0.188. The van der Waals surface area contributed by atoms with Crippen LogP contribution in [0.3, 0.4) is 0 Å². The first-order valence-electron chi connectivity index (χ1n) is 6.78. The molecule has 0 aliphatic carbocycles. The molecule has 0 aliphatic heterocycles. The van der Waals surface area contributed by atoms with Crippen LogP contribution in [0.4, 0.5) is 17.4 Å². The van der Waals surface area contributed by atoms with Crippen molar-refractivity contribution in [2.24, 2.45) is 0 Å². The lowest BCUT2D eigenvalue weighted by atomic mass is 10.1. The summed E-state index contributed by atoms with van der Waals surface area (Å²) in [7, 11) is 0. The highest BCUT2D eigenvalue weighted by Crippen LogP contribution is 2.27. The van der Waals surface area contributed by atoms with Crippen molar-refractivity contribution in [3.8, 4) is 0 Å². The van der Waals surface area contributed by atoms with E-state index in [0.29, 0.717) is 22.8 Å². The van der Waals surface area contributed by atoms with Crippen LogP contribution in [0.5, 0.6) is 0 Å². The lowest BCUT2D eigenvalue weighted by molar-refractivity contribution is 0.623. The topological polar surface area (TPSA) is 64.1 Å². The summed E-state index contributed by atoms with van der Waals surface area (Å²) in [5, 5.41) is 3.24. The highest BCUT2D eigenvalue weighted by Gasteiger charge is 2.09. The second-order valence-electron chi connectivity index (χ2n) is 4.75. The average molecular weight is 267 g/mol. The van der Waals surface area contributed by atoms with Crippen LogP contribution >= 0.6 is 0 Å². The molecule has 3 N–H and O–H groups in total. The number of nitrogens with two attached hydrogens (primary N) is 1. The largest absolute Gasteiger partial charge is 0.423 e. The Morgan fingerprint density at radius 1 is 1.15 bits per heavy atom. The molecule has 4 nitrogen and oxygen atoms in total. The van der Waals surface area contributed by atoms with Crippen LogP contribution in [-0.2, 0) is 6.42 Å². The number of anilines is 3. The highest BCUT2D eigenvalue weighted by molar-refractivity contribution is 5.86. The molecule has 0 radical (unpaired) electrons. The molecular weight excluding hydrogens is 250 g/mol. The SMILES string of the molecule is CCCc1ccccc1Nc1nc2c(N)cccc2o1. The van der Waals surface area contributed by atoms with Gasteiger partial charge in [-0.1, -0.05) is 37.6 Å². The van der Waals surface area contributed by atoms with E-state index in [1.54, 1.807) is 0 Å². The molecule has 4 heteroatoms. The molecule has 3 rings (SSSR count). The molecule has 0 saturated carbocycles. The lowest BCUT2D eigenvalue weighted by Gasteiger charge is -2.07. The third kappa shape index (κ3) is 2.32. The Balaban J connectivity index is 1.95. The second kappa shape index (κ2) is 5.25. The fourth-order valence-corrected chi connectivity index (χ4v) is 2.27. The van der Waals surface area contributed by atoms with E-state index in [9.17, 15) is 0 Å². The molecule has 0 saturated heterocycles. The number of hydrogen-bond acceptors (Lipinski definition) is 4. The van der Waals surface area contributed by atoms with Gasteiger partial charge in [0.1, 0.15) is 5.52 Å². The van der Waals surface area contributed by atoms with E-state index in [2.05, 4.69) is 23.3 Å². The van der Waals surface area contributed by atoms with Crippen LogP contribution in [0.15, 0.2) is 46.9 Å². The Kier molecular flexibility index (Phi) is 3.29. The van der Waals surface area contributed by atoms with Gasteiger partial charge >= 0.3 is 0 Å². The standard InChI is InChI=1S/C16H17N3O/c1-2-6-11-7-3-4-9-13(11)18-16-19-15-12(17)8-5-10-14(15)20-16/h3-5,7-10H,2,6,17H2,1H3,(H,18,19). The highest BCUT2D eigenvalue weighted by atomic mass is 16.4. The maximum absolute atomic E-state index is 5.89. The van der Waals surface area contributed by atoms with Gasteiger partial charge in [0.2, 0.25) is 0 Å². The number of fused-ring (bicyclic) bond motifs is 1. The summed E-state index contributed by atoms with van der Waals surface area (Å²) >= 11 is 0. The molecule has 0 spiro atoms. The Labute approximate surface area is 117 Å². The van der Waals surface area contributed by atoms with Gasteiger partial charge in [0.15, 0.2) is 5.58 Å². The molecule has 20 heavy (non-hydrogen) atoms. The van der Waals surface area contributed by atoms with Crippen molar-refractivity contribution >= 4 is 28.5 Å². The normalized spacial score (nSPS) is 10.8. The quantitative estimate of drug-likeness (QED) is 0.698. The van der Waals surface area contributed by atoms with Gasteiger partial charge in [-0.15, -0.1) is 0 Å². The van der Waals surface area contributed by atoms with Crippen LogP contribution in [0.25, 0.3) is 11.1 Å². The maximum Gasteiger partial charge on any atom is 0.300 e. The molecular formula is C16H17N3O. The number of aromatic nitrogens is 1. The van der Waals surface area contributed by atoms with Crippen LogP contribution in [0.2, 0.25) is 0 Å². The van der Waals surface area contributed by atoms with Crippen molar-refractivity contribution in [2.45, 2.75) is 19.8 Å². The summed E-state index contributed by atoms with van der Waals surface area (Å²) in [5.74, 6) is 0. The number of oxazole rings is 1. The van der Waals surface area contributed by atoms with Crippen molar-refractivity contribution in [3.05, 3.63) is 48.0 Å². The van der Waals surface area contributed by atoms with Gasteiger partial charge in [-0.25, -0.2) is 0 Å². The van der Waals surface area contributed by atoms with Crippen molar-refractivity contribution in [3.63, 3.8) is 0 Å². The van der Waals surface area contributed by atoms with Gasteiger partial charge in [-0.2, -0.15) is 4.98 Å². The number of nitrogens with one attached hydrogen (secondary N) is 1. The van der Waals surface area contributed by atoms with Gasteiger partial charge in [0.25, 0.3) is 6.01 Å². The molecule has 0 unspecified atom stereocenters. The fourth-order valence-electron chi connectivity index (χ4n) is 2.27. The molecule has 0 bridgehead atoms. The van der Waals surface area contributed by atoms with Gasteiger partial charge in [0.05, 0.1) is 5.69 Å².